The highest BCUT2D eigenvalue weighted by Gasteiger charge is 2.35. The molecule has 1 heterocycles. The van der Waals surface area contributed by atoms with Crippen molar-refractivity contribution >= 4 is 21.7 Å². The Bertz CT molecular complexity index is 858. The van der Waals surface area contributed by atoms with Crippen LogP contribution in [0.25, 0.3) is 11.1 Å². The lowest BCUT2D eigenvalue weighted by molar-refractivity contribution is -0.135. The van der Waals surface area contributed by atoms with Crippen molar-refractivity contribution in [2.24, 2.45) is 0 Å². The molecule has 0 bridgehead atoms. The first-order valence-electron chi connectivity index (χ1n) is 6.92. The molecule has 0 amide bonds. The van der Waals surface area contributed by atoms with Crippen molar-refractivity contribution < 1.29 is 18.3 Å². The Hall–Kier alpha value is -2.34. The van der Waals surface area contributed by atoms with Crippen molar-refractivity contribution in [1.29, 1.82) is 0 Å². The van der Waals surface area contributed by atoms with Gasteiger partial charge in [-0.15, -0.1) is 0 Å². The number of rotatable bonds is 3. The zero-order valence-corrected chi connectivity index (χ0v) is 12.8. The fraction of sp³-hybridized carbons (Fsp3) is 0.188. The molecular weight excluding hydrogens is 302 g/mol. The van der Waals surface area contributed by atoms with E-state index in [9.17, 15) is 13.2 Å². The molecule has 3 rings (SSSR count). The van der Waals surface area contributed by atoms with Gasteiger partial charge in [-0.05, 0) is 30.2 Å². The van der Waals surface area contributed by atoms with E-state index in [2.05, 4.69) is 0 Å². The van der Waals surface area contributed by atoms with Crippen LogP contribution in [0, 0.1) is 0 Å². The molecule has 0 unspecified atom stereocenters. The van der Waals surface area contributed by atoms with E-state index in [1.54, 1.807) is 24.3 Å². The number of nitrogens with zero attached hydrogens (tertiary/aromatic N) is 1. The van der Waals surface area contributed by atoms with Crippen LogP contribution in [0.5, 0.6) is 0 Å². The monoisotopic (exact) mass is 317 g/mol. The molecule has 2 aromatic carbocycles. The Morgan fingerprint density at radius 2 is 1.86 bits per heavy atom. The van der Waals surface area contributed by atoms with Gasteiger partial charge in [-0.2, -0.15) is 0 Å². The zero-order chi connectivity index (χ0) is 15.9. The van der Waals surface area contributed by atoms with Crippen molar-refractivity contribution in [3.05, 3.63) is 48.0 Å². The number of aryl methyl sites for hydroxylation is 1. The molecule has 1 aliphatic heterocycles. The first-order valence-corrected chi connectivity index (χ1v) is 8.36. The number of benzene rings is 2. The maximum Gasteiger partial charge on any atom is 0.324 e. The second-order valence-electron chi connectivity index (χ2n) is 5.11. The number of carboxylic acid groups (broad SMARTS) is 1. The van der Waals surface area contributed by atoms with E-state index >= 15 is 0 Å². The standard InChI is InChI=1S/C16H15NO4S/c1-2-11-7-8-14-13(9-11)12-5-3-4-6-15(12)22(20,21)17(14)10-16(18)19/h3-9H,2,10H2,1H3,(H,18,19). The van der Waals surface area contributed by atoms with Crippen LogP contribution in [0.2, 0.25) is 0 Å². The lowest BCUT2D eigenvalue weighted by Gasteiger charge is -2.31. The van der Waals surface area contributed by atoms with E-state index in [-0.39, 0.29) is 4.90 Å². The van der Waals surface area contributed by atoms with Gasteiger partial charge in [0, 0.05) is 11.1 Å². The third-order valence-corrected chi connectivity index (χ3v) is 5.58. The summed E-state index contributed by atoms with van der Waals surface area (Å²) in [6, 6.07) is 12.1. The number of aliphatic carboxylic acids is 1. The summed E-state index contributed by atoms with van der Waals surface area (Å²) in [5, 5.41) is 9.07. The Balaban J connectivity index is 2.33. The fourth-order valence-corrected chi connectivity index (χ4v) is 4.33. The van der Waals surface area contributed by atoms with Gasteiger partial charge in [0.05, 0.1) is 10.6 Å². The number of anilines is 1. The number of carbonyl (C=O) groups is 1. The third-order valence-electron chi connectivity index (χ3n) is 3.76. The van der Waals surface area contributed by atoms with Gasteiger partial charge in [0.1, 0.15) is 6.54 Å². The van der Waals surface area contributed by atoms with Crippen LogP contribution in [0.15, 0.2) is 47.4 Å². The number of carboxylic acids is 1. The zero-order valence-electron chi connectivity index (χ0n) is 12.0. The lowest BCUT2D eigenvalue weighted by Crippen LogP contribution is -2.38. The Morgan fingerprint density at radius 3 is 2.55 bits per heavy atom. The molecule has 2 aromatic rings. The summed E-state index contributed by atoms with van der Waals surface area (Å²) in [5.41, 5.74) is 2.86. The second-order valence-corrected chi connectivity index (χ2v) is 6.94. The van der Waals surface area contributed by atoms with E-state index < -0.39 is 22.5 Å². The smallest absolute Gasteiger partial charge is 0.324 e. The normalized spacial score (nSPS) is 15.0. The summed E-state index contributed by atoms with van der Waals surface area (Å²) in [6.07, 6.45) is 0.821. The number of fused-ring (bicyclic) bond motifs is 3. The minimum Gasteiger partial charge on any atom is -0.480 e. The molecule has 0 aliphatic carbocycles. The highest BCUT2D eigenvalue weighted by Crippen LogP contribution is 2.43. The highest BCUT2D eigenvalue weighted by atomic mass is 32.2. The van der Waals surface area contributed by atoms with Gasteiger partial charge in [-0.3, -0.25) is 9.10 Å². The molecular formula is C16H15NO4S. The predicted molar refractivity (Wildman–Crippen MR) is 83.4 cm³/mol. The van der Waals surface area contributed by atoms with E-state index in [4.69, 9.17) is 5.11 Å². The van der Waals surface area contributed by atoms with Gasteiger partial charge in [0.15, 0.2) is 0 Å². The van der Waals surface area contributed by atoms with Crippen LogP contribution in [-0.4, -0.2) is 26.0 Å². The van der Waals surface area contributed by atoms with Crippen molar-refractivity contribution in [2.45, 2.75) is 18.2 Å². The molecule has 0 spiro atoms. The Morgan fingerprint density at radius 1 is 1.14 bits per heavy atom. The van der Waals surface area contributed by atoms with E-state index in [0.29, 0.717) is 11.3 Å². The Labute approximate surface area is 128 Å². The van der Waals surface area contributed by atoms with E-state index in [0.717, 1.165) is 21.9 Å². The summed E-state index contributed by atoms with van der Waals surface area (Å²) in [5.74, 6) is -1.19. The van der Waals surface area contributed by atoms with Gasteiger partial charge in [0.2, 0.25) is 0 Å². The molecule has 0 atom stereocenters. The van der Waals surface area contributed by atoms with E-state index in [1.165, 1.54) is 6.07 Å². The quantitative estimate of drug-likeness (QED) is 0.944. The summed E-state index contributed by atoms with van der Waals surface area (Å²) >= 11 is 0. The first kappa shape index (κ1) is 14.6. The van der Waals surface area contributed by atoms with Crippen LogP contribution >= 0.6 is 0 Å². The summed E-state index contributed by atoms with van der Waals surface area (Å²) in [6.45, 7) is 1.43. The molecule has 6 heteroatoms. The number of hydrogen-bond acceptors (Lipinski definition) is 3. The molecule has 0 saturated carbocycles. The minimum absolute atomic E-state index is 0.150. The number of hydrogen-bond donors (Lipinski definition) is 1. The molecule has 1 N–H and O–H groups in total. The summed E-state index contributed by atoms with van der Waals surface area (Å²) in [4.78, 5) is 11.2. The molecule has 114 valence electrons. The van der Waals surface area contributed by atoms with Crippen LogP contribution < -0.4 is 4.31 Å². The van der Waals surface area contributed by atoms with Crippen LogP contribution in [0.4, 0.5) is 5.69 Å². The van der Waals surface area contributed by atoms with Crippen molar-refractivity contribution in [1.82, 2.24) is 0 Å². The molecule has 0 radical (unpaired) electrons. The highest BCUT2D eigenvalue weighted by molar-refractivity contribution is 7.93. The van der Waals surface area contributed by atoms with Crippen LogP contribution in [0.1, 0.15) is 12.5 Å². The van der Waals surface area contributed by atoms with Gasteiger partial charge in [-0.1, -0.05) is 31.2 Å². The van der Waals surface area contributed by atoms with Gasteiger partial charge in [0.25, 0.3) is 10.0 Å². The van der Waals surface area contributed by atoms with Gasteiger partial charge in [-0.25, -0.2) is 8.42 Å². The average molecular weight is 317 g/mol. The fourth-order valence-electron chi connectivity index (χ4n) is 2.69. The molecule has 0 aromatic heterocycles. The van der Waals surface area contributed by atoms with E-state index in [1.807, 2.05) is 19.1 Å². The maximum absolute atomic E-state index is 12.7. The van der Waals surface area contributed by atoms with Crippen molar-refractivity contribution in [3.63, 3.8) is 0 Å². The van der Waals surface area contributed by atoms with Crippen molar-refractivity contribution in [3.8, 4) is 11.1 Å². The molecule has 0 fully saturated rings. The first-order chi connectivity index (χ1) is 10.4. The van der Waals surface area contributed by atoms with Crippen LogP contribution in [0.3, 0.4) is 0 Å². The SMILES string of the molecule is CCc1ccc2c(c1)-c1ccccc1S(=O)(=O)N2CC(=O)O. The van der Waals surface area contributed by atoms with Crippen molar-refractivity contribution in [2.75, 3.05) is 10.8 Å². The number of sulfonamides is 1. The minimum atomic E-state index is -3.86. The van der Waals surface area contributed by atoms with Crippen LogP contribution in [-0.2, 0) is 21.2 Å². The average Bonchev–Trinajstić information content (AvgIpc) is 2.51. The topological polar surface area (TPSA) is 74.7 Å². The van der Waals surface area contributed by atoms with Gasteiger partial charge < -0.3 is 5.11 Å². The van der Waals surface area contributed by atoms with Gasteiger partial charge >= 0.3 is 5.97 Å². The largest absolute Gasteiger partial charge is 0.480 e. The molecule has 5 nitrogen and oxygen atoms in total. The predicted octanol–water partition coefficient (Wildman–Crippen LogP) is 2.51. The molecule has 0 saturated heterocycles. The molecule has 22 heavy (non-hydrogen) atoms. The third kappa shape index (κ3) is 2.16. The second kappa shape index (κ2) is 5.14. The maximum atomic E-state index is 12.7. The molecule has 1 aliphatic rings. The lowest BCUT2D eigenvalue weighted by atomic mass is 9.99. The summed E-state index contributed by atoms with van der Waals surface area (Å²) in [7, 11) is -3.86. The Kier molecular flexibility index (Phi) is 3.41. The summed E-state index contributed by atoms with van der Waals surface area (Å²) < 4.78 is 26.4.